The smallest absolute Gasteiger partial charge is 0.0268 e. The van der Waals surface area contributed by atoms with Gasteiger partial charge in [-0.1, -0.05) is 20.8 Å². The van der Waals surface area contributed by atoms with E-state index >= 15 is 0 Å². The fourth-order valence-corrected chi connectivity index (χ4v) is 5.61. The molecule has 0 atom stereocenters. The molecule has 0 spiro atoms. The number of hydrogen-bond acceptors (Lipinski definition) is 1. The molecule has 0 saturated heterocycles. The molecule has 0 heterocycles. The average Bonchev–Trinajstić information content (AvgIpc) is 2.11. The molecular formula is C15H26NP. The normalized spacial score (nSPS) is 44.8. The Balaban J connectivity index is 1.68. The van der Waals surface area contributed by atoms with Crippen molar-refractivity contribution in [3.8, 4) is 0 Å². The molecule has 4 bridgehead atoms. The van der Waals surface area contributed by atoms with Crippen LogP contribution in [0.1, 0.15) is 59.3 Å². The summed E-state index contributed by atoms with van der Waals surface area (Å²) in [5.74, 6) is 5.58. The van der Waals surface area contributed by atoms with Crippen LogP contribution >= 0.6 is 8.35 Å². The Kier molecular flexibility index (Phi) is 2.91. The SMILES string of the molecule is CC(C)(C)C=PNC12CC3CC(CC(C3)C1)C2. The summed E-state index contributed by atoms with van der Waals surface area (Å²) in [5, 5.41) is 3.90. The van der Waals surface area contributed by atoms with E-state index in [1.165, 1.54) is 27.6 Å². The molecule has 1 N–H and O–H groups in total. The molecule has 4 aliphatic carbocycles. The lowest BCUT2D eigenvalue weighted by atomic mass is 9.53. The zero-order chi connectivity index (χ0) is 12.1. The van der Waals surface area contributed by atoms with E-state index in [9.17, 15) is 0 Å². The quantitative estimate of drug-likeness (QED) is 0.723. The van der Waals surface area contributed by atoms with E-state index < -0.39 is 0 Å². The van der Waals surface area contributed by atoms with E-state index in [0.717, 1.165) is 17.8 Å². The highest BCUT2D eigenvalue weighted by Gasteiger charge is 2.50. The maximum atomic E-state index is 3.90. The molecule has 4 aliphatic rings. The van der Waals surface area contributed by atoms with Crippen LogP contribution in [0.25, 0.3) is 0 Å². The van der Waals surface area contributed by atoms with Crippen LogP contribution < -0.4 is 5.09 Å². The highest BCUT2D eigenvalue weighted by molar-refractivity contribution is 7.36. The summed E-state index contributed by atoms with van der Waals surface area (Å²) in [6, 6.07) is 0. The molecule has 0 radical (unpaired) electrons. The molecule has 0 unspecified atom stereocenters. The van der Waals surface area contributed by atoms with Gasteiger partial charge in [0.25, 0.3) is 0 Å². The Morgan fingerprint density at radius 1 is 1.00 bits per heavy atom. The van der Waals surface area contributed by atoms with E-state index in [4.69, 9.17) is 0 Å². The first-order valence-corrected chi connectivity index (χ1v) is 8.22. The predicted molar refractivity (Wildman–Crippen MR) is 76.5 cm³/mol. The third kappa shape index (κ3) is 2.61. The van der Waals surface area contributed by atoms with Crippen LogP contribution in [0.4, 0.5) is 0 Å². The molecule has 0 aromatic rings. The molecule has 1 nitrogen and oxygen atoms in total. The van der Waals surface area contributed by atoms with Gasteiger partial charge in [-0.3, -0.25) is 5.09 Å². The summed E-state index contributed by atoms with van der Waals surface area (Å²) < 4.78 is 0. The number of nitrogens with one attached hydrogen (secondary N) is 1. The highest BCUT2D eigenvalue weighted by Crippen LogP contribution is 2.56. The molecule has 4 fully saturated rings. The van der Waals surface area contributed by atoms with Crippen LogP contribution in [0.2, 0.25) is 0 Å². The number of rotatable bonds is 2. The van der Waals surface area contributed by atoms with Crippen molar-refractivity contribution >= 4 is 14.2 Å². The molecule has 0 amide bonds. The van der Waals surface area contributed by atoms with E-state index in [1.54, 1.807) is 19.3 Å². The Labute approximate surface area is 108 Å². The van der Waals surface area contributed by atoms with Crippen molar-refractivity contribution in [2.75, 3.05) is 0 Å². The van der Waals surface area contributed by atoms with Gasteiger partial charge in [0.05, 0.1) is 0 Å². The third-order valence-electron chi connectivity index (χ3n) is 4.79. The molecule has 17 heavy (non-hydrogen) atoms. The third-order valence-corrected chi connectivity index (χ3v) is 6.30. The second-order valence-corrected chi connectivity index (χ2v) is 8.67. The monoisotopic (exact) mass is 251 g/mol. The van der Waals surface area contributed by atoms with Crippen LogP contribution in [0, 0.1) is 23.2 Å². The van der Waals surface area contributed by atoms with Gasteiger partial charge in [0.15, 0.2) is 0 Å². The van der Waals surface area contributed by atoms with E-state index in [2.05, 4.69) is 31.7 Å². The Morgan fingerprint density at radius 2 is 1.47 bits per heavy atom. The lowest BCUT2D eigenvalue weighted by Crippen LogP contribution is -2.55. The second kappa shape index (κ2) is 4.07. The van der Waals surface area contributed by atoms with Crippen LogP contribution in [-0.2, 0) is 0 Å². The Morgan fingerprint density at radius 3 is 1.88 bits per heavy atom. The minimum absolute atomic E-state index is 0.344. The van der Waals surface area contributed by atoms with Crippen molar-refractivity contribution in [1.29, 1.82) is 0 Å². The maximum absolute atomic E-state index is 3.90. The van der Waals surface area contributed by atoms with Crippen LogP contribution in [0.5, 0.6) is 0 Å². The first kappa shape index (κ1) is 12.2. The van der Waals surface area contributed by atoms with E-state index in [0.29, 0.717) is 11.0 Å². The fourth-order valence-electron chi connectivity index (χ4n) is 4.61. The largest absolute Gasteiger partial charge is 0.265 e. The summed E-state index contributed by atoms with van der Waals surface area (Å²) in [6.07, 6.45) is 9.01. The summed E-state index contributed by atoms with van der Waals surface area (Å²) in [7, 11) is 1.36. The zero-order valence-electron chi connectivity index (χ0n) is 11.5. The lowest BCUT2D eigenvalue weighted by molar-refractivity contribution is -0.00707. The summed E-state index contributed by atoms with van der Waals surface area (Å²) in [6.45, 7) is 6.88. The van der Waals surface area contributed by atoms with Gasteiger partial charge in [-0.15, -0.1) is 0 Å². The zero-order valence-corrected chi connectivity index (χ0v) is 12.4. The van der Waals surface area contributed by atoms with Crippen molar-refractivity contribution in [3.63, 3.8) is 0 Å². The number of hydrogen-bond donors (Lipinski definition) is 1. The van der Waals surface area contributed by atoms with Crippen LogP contribution in [0.3, 0.4) is 0 Å². The van der Waals surface area contributed by atoms with Gasteiger partial charge in [0.2, 0.25) is 0 Å². The van der Waals surface area contributed by atoms with Gasteiger partial charge >= 0.3 is 0 Å². The fraction of sp³-hybridized carbons (Fsp3) is 0.933. The van der Waals surface area contributed by atoms with Crippen LogP contribution in [-0.4, -0.2) is 11.3 Å². The van der Waals surface area contributed by atoms with Gasteiger partial charge in [-0.05, 0) is 75.8 Å². The van der Waals surface area contributed by atoms with Crippen molar-refractivity contribution in [2.24, 2.45) is 23.2 Å². The van der Waals surface area contributed by atoms with Crippen molar-refractivity contribution in [3.05, 3.63) is 0 Å². The van der Waals surface area contributed by atoms with Crippen LogP contribution in [0.15, 0.2) is 0 Å². The van der Waals surface area contributed by atoms with Gasteiger partial charge in [0, 0.05) is 5.54 Å². The summed E-state index contributed by atoms with van der Waals surface area (Å²) in [4.78, 5) is 0. The van der Waals surface area contributed by atoms with Gasteiger partial charge < -0.3 is 0 Å². The van der Waals surface area contributed by atoms with Gasteiger partial charge in [-0.25, -0.2) is 0 Å². The highest BCUT2D eigenvalue weighted by atomic mass is 31.1. The topological polar surface area (TPSA) is 12.0 Å². The van der Waals surface area contributed by atoms with Crippen molar-refractivity contribution < 1.29 is 0 Å². The molecule has 4 rings (SSSR count). The van der Waals surface area contributed by atoms with E-state index in [1.807, 2.05) is 0 Å². The molecule has 0 aliphatic heterocycles. The standard InChI is InChI=1S/C15H26NP/c1-14(2,3)10-17-16-15-7-11-4-12(8-15)6-13(5-11)9-15/h10-13,16H,4-9H2,1-3H3. The lowest BCUT2D eigenvalue weighted by Gasteiger charge is -2.56. The minimum atomic E-state index is 0.344. The van der Waals surface area contributed by atoms with Crippen molar-refractivity contribution in [2.45, 2.75) is 64.8 Å². The maximum Gasteiger partial charge on any atom is 0.0268 e. The molecule has 4 saturated carbocycles. The van der Waals surface area contributed by atoms with Crippen molar-refractivity contribution in [1.82, 2.24) is 5.09 Å². The van der Waals surface area contributed by atoms with Gasteiger partial charge in [0.1, 0.15) is 0 Å². The molecule has 2 heteroatoms. The molecule has 96 valence electrons. The molecule has 0 aromatic heterocycles. The first-order chi connectivity index (χ1) is 7.94. The first-order valence-electron chi connectivity index (χ1n) is 7.26. The second-order valence-electron chi connectivity index (χ2n) is 7.93. The molecular weight excluding hydrogens is 225 g/mol. The minimum Gasteiger partial charge on any atom is -0.265 e. The predicted octanol–water partition coefficient (Wildman–Crippen LogP) is 4.25. The molecule has 0 aromatic carbocycles. The summed E-state index contributed by atoms with van der Waals surface area (Å²) >= 11 is 0. The Bertz CT molecular complexity index is 291. The average molecular weight is 251 g/mol. The van der Waals surface area contributed by atoms with E-state index in [-0.39, 0.29) is 0 Å². The van der Waals surface area contributed by atoms with Gasteiger partial charge in [-0.2, -0.15) is 0 Å². The summed E-state index contributed by atoms with van der Waals surface area (Å²) in [5.41, 5.74) is 0.870. The Hall–Kier alpha value is 0.130.